The van der Waals surface area contributed by atoms with E-state index in [1.54, 1.807) is 0 Å². The molecule has 1 heterocycles. The van der Waals surface area contributed by atoms with Crippen LogP contribution in [-0.4, -0.2) is 37.6 Å². The average molecular weight is 437 g/mol. The van der Waals surface area contributed by atoms with Gasteiger partial charge in [-0.15, -0.1) is 0 Å². The van der Waals surface area contributed by atoms with Crippen molar-refractivity contribution < 1.29 is 14.3 Å². The first-order valence-corrected chi connectivity index (χ1v) is 11.9. The standard InChI is InChI=1S/C26H48N2O3/c1-11-12-26(9,22(30)28-19-15-20(27-16-19)21(29)31-10)18-25(7,8)14-13-24(5,6)17-23(2,3)4/h13-14,19-20,27H,11-12,15-18H2,1-10H3,(H,28,30). The summed E-state index contributed by atoms with van der Waals surface area (Å²) in [6, 6.07) is -0.380. The van der Waals surface area contributed by atoms with Crippen LogP contribution in [-0.2, 0) is 14.3 Å². The van der Waals surface area contributed by atoms with Gasteiger partial charge in [0.15, 0.2) is 0 Å². The third-order valence-corrected chi connectivity index (χ3v) is 6.12. The summed E-state index contributed by atoms with van der Waals surface area (Å²) in [6.07, 6.45) is 8.90. The minimum absolute atomic E-state index is 0.0443. The third kappa shape index (κ3) is 9.34. The Morgan fingerprint density at radius 1 is 1.00 bits per heavy atom. The molecule has 0 radical (unpaired) electrons. The molecule has 0 saturated carbocycles. The first-order valence-electron chi connectivity index (χ1n) is 11.9. The Kier molecular flexibility index (Phi) is 9.38. The molecule has 0 aromatic heterocycles. The zero-order valence-corrected chi connectivity index (χ0v) is 21.8. The van der Waals surface area contributed by atoms with Crippen molar-refractivity contribution in [2.75, 3.05) is 13.7 Å². The molecule has 0 aromatic carbocycles. The fourth-order valence-electron chi connectivity index (χ4n) is 5.30. The fourth-order valence-corrected chi connectivity index (χ4v) is 5.30. The van der Waals surface area contributed by atoms with Crippen molar-refractivity contribution in [2.24, 2.45) is 21.7 Å². The molecule has 0 bridgehead atoms. The van der Waals surface area contributed by atoms with Crippen molar-refractivity contribution in [3.63, 3.8) is 0 Å². The molecule has 3 unspecified atom stereocenters. The average Bonchev–Trinajstić information content (AvgIpc) is 3.06. The lowest BCUT2D eigenvalue weighted by atomic mass is 9.69. The van der Waals surface area contributed by atoms with Crippen molar-refractivity contribution >= 4 is 11.9 Å². The Morgan fingerprint density at radius 3 is 2.03 bits per heavy atom. The van der Waals surface area contributed by atoms with Crippen LogP contribution in [0.2, 0.25) is 0 Å². The number of nitrogens with one attached hydrogen (secondary N) is 2. The molecular formula is C26H48N2O3. The van der Waals surface area contributed by atoms with E-state index in [2.05, 4.69) is 85.1 Å². The van der Waals surface area contributed by atoms with Gasteiger partial charge in [0.2, 0.25) is 5.91 Å². The normalized spacial score (nSPS) is 22.4. The minimum Gasteiger partial charge on any atom is -0.468 e. The predicted molar refractivity (Wildman–Crippen MR) is 129 cm³/mol. The van der Waals surface area contributed by atoms with Gasteiger partial charge in [-0.2, -0.15) is 0 Å². The number of rotatable bonds is 10. The largest absolute Gasteiger partial charge is 0.468 e. The van der Waals surface area contributed by atoms with E-state index in [-0.39, 0.29) is 40.2 Å². The number of carbonyl (C=O) groups excluding carboxylic acids is 2. The van der Waals surface area contributed by atoms with E-state index in [0.717, 1.165) is 25.7 Å². The molecule has 1 aliphatic heterocycles. The van der Waals surface area contributed by atoms with Crippen LogP contribution in [0.3, 0.4) is 0 Å². The van der Waals surface area contributed by atoms with E-state index in [9.17, 15) is 9.59 Å². The zero-order valence-electron chi connectivity index (χ0n) is 21.8. The Bertz CT molecular complexity index is 646. The van der Waals surface area contributed by atoms with Crippen LogP contribution in [0, 0.1) is 21.7 Å². The van der Waals surface area contributed by atoms with Crippen LogP contribution in [0.5, 0.6) is 0 Å². The lowest BCUT2D eigenvalue weighted by Gasteiger charge is -2.37. The molecule has 3 atom stereocenters. The van der Waals surface area contributed by atoms with Crippen molar-refractivity contribution in [1.82, 2.24) is 10.6 Å². The molecule has 0 aromatic rings. The second-order valence-electron chi connectivity index (χ2n) is 12.4. The van der Waals surface area contributed by atoms with Crippen LogP contribution >= 0.6 is 0 Å². The molecule has 1 fully saturated rings. The van der Waals surface area contributed by atoms with Crippen LogP contribution in [0.1, 0.15) is 94.4 Å². The van der Waals surface area contributed by atoms with E-state index < -0.39 is 5.41 Å². The van der Waals surface area contributed by atoms with Gasteiger partial charge in [-0.1, -0.05) is 80.9 Å². The summed E-state index contributed by atoms with van der Waals surface area (Å²) in [6.45, 7) is 20.7. The molecule has 0 spiro atoms. The molecule has 0 aliphatic carbocycles. The summed E-state index contributed by atoms with van der Waals surface area (Å²) in [7, 11) is 1.40. The number of carbonyl (C=O) groups is 2. The lowest BCUT2D eigenvalue weighted by Crippen LogP contribution is -2.46. The highest BCUT2D eigenvalue weighted by molar-refractivity contribution is 5.83. The molecule has 2 N–H and O–H groups in total. The van der Waals surface area contributed by atoms with Crippen LogP contribution in [0.15, 0.2) is 12.2 Å². The second kappa shape index (κ2) is 10.5. The fraction of sp³-hybridized carbons (Fsp3) is 0.846. The third-order valence-electron chi connectivity index (χ3n) is 6.12. The molecule has 5 nitrogen and oxygen atoms in total. The van der Waals surface area contributed by atoms with E-state index in [1.165, 1.54) is 7.11 Å². The maximum Gasteiger partial charge on any atom is 0.322 e. The van der Waals surface area contributed by atoms with Crippen molar-refractivity contribution in [3.05, 3.63) is 12.2 Å². The van der Waals surface area contributed by atoms with Gasteiger partial charge in [0, 0.05) is 18.0 Å². The highest BCUT2D eigenvalue weighted by Gasteiger charge is 2.40. The summed E-state index contributed by atoms with van der Waals surface area (Å²) in [5.74, 6) is -0.181. The van der Waals surface area contributed by atoms with Gasteiger partial charge in [0.05, 0.1) is 7.11 Å². The van der Waals surface area contributed by atoms with Gasteiger partial charge < -0.3 is 15.4 Å². The molecule has 1 aliphatic rings. The van der Waals surface area contributed by atoms with E-state index in [1.807, 2.05) is 0 Å². The summed E-state index contributed by atoms with van der Waals surface area (Å²) in [5.41, 5.74) is -0.178. The number of esters is 1. The summed E-state index contributed by atoms with van der Waals surface area (Å²) < 4.78 is 4.82. The number of amides is 1. The Hall–Kier alpha value is -1.36. The number of methoxy groups -OCH3 is 1. The van der Waals surface area contributed by atoms with Gasteiger partial charge in [-0.3, -0.25) is 9.59 Å². The molecule has 1 saturated heterocycles. The van der Waals surface area contributed by atoms with Crippen molar-refractivity contribution in [2.45, 2.75) is 107 Å². The van der Waals surface area contributed by atoms with E-state index >= 15 is 0 Å². The van der Waals surface area contributed by atoms with Gasteiger partial charge in [0.25, 0.3) is 0 Å². The molecular weight excluding hydrogens is 388 g/mol. The van der Waals surface area contributed by atoms with Gasteiger partial charge >= 0.3 is 5.97 Å². The van der Waals surface area contributed by atoms with Crippen LogP contribution < -0.4 is 10.6 Å². The number of allylic oxidation sites excluding steroid dienone is 2. The molecule has 31 heavy (non-hydrogen) atoms. The molecule has 1 rings (SSSR count). The number of hydrogen-bond acceptors (Lipinski definition) is 4. The highest BCUT2D eigenvalue weighted by atomic mass is 16.5. The van der Waals surface area contributed by atoms with Crippen molar-refractivity contribution in [3.8, 4) is 0 Å². The Balaban J connectivity index is 2.87. The predicted octanol–water partition coefficient (Wildman–Crippen LogP) is 5.25. The second-order valence-corrected chi connectivity index (χ2v) is 12.4. The maximum absolute atomic E-state index is 13.3. The zero-order chi connectivity index (χ0) is 24.1. The van der Waals surface area contributed by atoms with Crippen LogP contribution in [0.4, 0.5) is 0 Å². The van der Waals surface area contributed by atoms with Crippen molar-refractivity contribution in [1.29, 1.82) is 0 Å². The van der Waals surface area contributed by atoms with Gasteiger partial charge in [-0.25, -0.2) is 0 Å². The molecule has 180 valence electrons. The molecule has 1 amide bonds. The minimum atomic E-state index is -0.458. The first kappa shape index (κ1) is 27.7. The maximum atomic E-state index is 13.3. The van der Waals surface area contributed by atoms with E-state index in [0.29, 0.717) is 13.0 Å². The Labute approximate surface area is 191 Å². The quantitative estimate of drug-likeness (QED) is 0.363. The molecule has 5 heteroatoms. The van der Waals surface area contributed by atoms with E-state index in [4.69, 9.17) is 4.74 Å². The SMILES string of the molecule is CCCC(C)(CC(C)(C)C=CC(C)(C)CC(C)(C)C)C(=O)NC1CNC(C(=O)OC)C1. The number of hydrogen-bond donors (Lipinski definition) is 2. The van der Waals surface area contributed by atoms with Crippen LogP contribution in [0.25, 0.3) is 0 Å². The lowest BCUT2D eigenvalue weighted by molar-refractivity contribution is -0.142. The summed E-state index contributed by atoms with van der Waals surface area (Å²) in [5, 5.41) is 6.36. The number of ether oxygens (including phenoxy) is 1. The van der Waals surface area contributed by atoms with Gasteiger partial charge in [-0.05, 0) is 41.9 Å². The first-order chi connectivity index (χ1) is 14.0. The van der Waals surface area contributed by atoms with Gasteiger partial charge in [0.1, 0.15) is 6.04 Å². The monoisotopic (exact) mass is 436 g/mol. The summed E-state index contributed by atoms with van der Waals surface area (Å²) in [4.78, 5) is 25.1. The topological polar surface area (TPSA) is 67.4 Å². The Morgan fingerprint density at radius 2 is 1.55 bits per heavy atom. The smallest absolute Gasteiger partial charge is 0.322 e. The summed E-state index contributed by atoms with van der Waals surface area (Å²) >= 11 is 0. The highest BCUT2D eigenvalue weighted by Crippen LogP contribution is 2.41.